The van der Waals surface area contributed by atoms with E-state index < -0.39 is 11.5 Å². The van der Waals surface area contributed by atoms with Crippen LogP contribution in [0.25, 0.3) is 38.6 Å². The summed E-state index contributed by atoms with van der Waals surface area (Å²) in [6, 6.07) is 22.0. The first kappa shape index (κ1) is 22.7. The van der Waals surface area contributed by atoms with Crippen LogP contribution in [0.2, 0.25) is 0 Å². The van der Waals surface area contributed by atoms with Crippen LogP contribution in [0.3, 0.4) is 0 Å². The number of aliphatic hydroxyl groups is 1. The summed E-state index contributed by atoms with van der Waals surface area (Å²) in [6.07, 6.45) is 2.95. The number of rotatable bonds is 6. The van der Waals surface area contributed by atoms with E-state index in [4.69, 9.17) is 10.8 Å². The van der Waals surface area contributed by atoms with Gasteiger partial charge in [0, 0.05) is 28.1 Å². The molecule has 0 unspecified atom stereocenters. The number of nitrogens with two attached hydrogens (primary N) is 1. The Hall–Kier alpha value is -4.03. The van der Waals surface area contributed by atoms with Gasteiger partial charge in [0.05, 0.1) is 28.0 Å². The summed E-state index contributed by atoms with van der Waals surface area (Å²) in [5, 5.41) is 17.2. The number of benzene rings is 3. The van der Waals surface area contributed by atoms with E-state index in [1.165, 1.54) is 0 Å². The SMILES string of the molecule is Cc1nn(-c2ccc(C(N)=O)c(CCC(C)(C)O)c2)c2cccc(-c3cnc4ccccc4c3)c12. The molecule has 2 heterocycles. The summed E-state index contributed by atoms with van der Waals surface area (Å²) in [5.41, 5.74) is 11.8. The molecule has 0 saturated heterocycles. The van der Waals surface area contributed by atoms with Crippen LogP contribution in [0.15, 0.2) is 72.9 Å². The van der Waals surface area contributed by atoms with Crippen molar-refractivity contribution in [2.45, 2.75) is 39.2 Å². The van der Waals surface area contributed by atoms with Crippen LogP contribution >= 0.6 is 0 Å². The molecule has 176 valence electrons. The zero-order valence-corrected chi connectivity index (χ0v) is 20.1. The Morgan fingerprint density at radius 3 is 2.63 bits per heavy atom. The fraction of sp³-hybridized carbons (Fsp3) is 0.207. The Bertz CT molecular complexity index is 1580. The Kier molecular flexibility index (Phi) is 5.61. The molecular weight excluding hydrogens is 436 g/mol. The van der Waals surface area contributed by atoms with Crippen LogP contribution in [0.5, 0.6) is 0 Å². The molecule has 2 aromatic heterocycles. The predicted octanol–water partition coefficient (Wildman–Crippen LogP) is 5.35. The molecule has 0 aliphatic rings. The maximum Gasteiger partial charge on any atom is 0.248 e. The summed E-state index contributed by atoms with van der Waals surface area (Å²) in [6.45, 7) is 5.52. The Morgan fingerprint density at radius 1 is 1.06 bits per heavy atom. The van der Waals surface area contributed by atoms with Crippen molar-refractivity contribution in [3.05, 3.63) is 89.7 Å². The smallest absolute Gasteiger partial charge is 0.248 e. The zero-order chi connectivity index (χ0) is 24.7. The standard InChI is InChI=1S/C29H28N4O2/c1-18-27-23(21-15-20-7-4-5-9-25(20)31-17-21)8-6-10-26(27)33(32-18)22-11-12-24(28(30)34)19(16-22)13-14-29(2,3)35/h4-12,15-17,35H,13-14H2,1-3H3,(H2,30,34). The topological polar surface area (TPSA) is 94.0 Å². The van der Waals surface area contributed by atoms with E-state index in [2.05, 4.69) is 23.2 Å². The minimum Gasteiger partial charge on any atom is -0.390 e. The monoisotopic (exact) mass is 464 g/mol. The number of carbonyl (C=O) groups is 1. The van der Waals surface area contributed by atoms with Crippen molar-refractivity contribution in [3.8, 4) is 16.8 Å². The largest absolute Gasteiger partial charge is 0.390 e. The van der Waals surface area contributed by atoms with Gasteiger partial charge in [0.2, 0.25) is 5.91 Å². The van der Waals surface area contributed by atoms with E-state index in [1.54, 1.807) is 19.9 Å². The van der Waals surface area contributed by atoms with Gasteiger partial charge in [0.15, 0.2) is 0 Å². The Morgan fingerprint density at radius 2 is 1.86 bits per heavy atom. The van der Waals surface area contributed by atoms with Gasteiger partial charge in [0.25, 0.3) is 0 Å². The number of hydrogen-bond donors (Lipinski definition) is 2. The Balaban J connectivity index is 1.64. The van der Waals surface area contributed by atoms with Crippen molar-refractivity contribution in [3.63, 3.8) is 0 Å². The average Bonchev–Trinajstić information content (AvgIpc) is 3.18. The van der Waals surface area contributed by atoms with Gasteiger partial charge < -0.3 is 10.8 Å². The fourth-order valence-electron chi connectivity index (χ4n) is 4.61. The molecule has 5 rings (SSSR count). The van der Waals surface area contributed by atoms with Crippen molar-refractivity contribution < 1.29 is 9.90 Å². The van der Waals surface area contributed by atoms with E-state index in [0.29, 0.717) is 18.4 Å². The first-order valence-electron chi connectivity index (χ1n) is 11.7. The minimum atomic E-state index is -0.845. The van der Waals surface area contributed by atoms with Crippen LogP contribution in [-0.4, -0.2) is 31.4 Å². The number of fused-ring (bicyclic) bond motifs is 2. The molecule has 6 heteroatoms. The highest BCUT2D eigenvalue weighted by atomic mass is 16.3. The van der Waals surface area contributed by atoms with E-state index in [1.807, 2.05) is 60.3 Å². The quantitative estimate of drug-likeness (QED) is 0.354. The highest BCUT2D eigenvalue weighted by Crippen LogP contribution is 2.33. The van der Waals surface area contributed by atoms with Gasteiger partial charge in [-0.15, -0.1) is 0 Å². The number of para-hydroxylation sites is 1. The lowest BCUT2D eigenvalue weighted by molar-refractivity contribution is 0.0711. The van der Waals surface area contributed by atoms with Crippen molar-refractivity contribution >= 4 is 27.7 Å². The average molecular weight is 465 g/mol. The third-order valence-electron chi connectivity index (χ3n) is 6.39. The molecule has 0 aliphatic heterocycles. The van der Waals surface area contributed by atoms with E-state index in [0.717, 1.165) is 49.9 Å². The molecule has 1 amide bonds. The maximum atomic E-state index is 12.0. The van der Waals surface area contributed by atoms with Crippen molar-refractivity contribution in [2.75, 3.05) is 0 Å². The first-order chi connectivity index (χ1) is 16.7. The number of amides is 1. The number of hydrogen-bond acceptors (Lipinski definition) is 4. The molecule has 6 nitrogen and oxygen atoms in total. The molecular formula is C29H28N4O2. The molecule has 0 fully saturated rings. The lowest BCUT2D eigenvalue weighted by Gasteiger charge is -2.18. The first-order valence-corrected chi connectivity index (χ1v) is 11.7. The second-order valence-electron chi connectivity index (χ2n) is 9.63. The lowest BCUT2D eigenvalue weighted by atomic mass is 9.95. The molecule has 35 heavy (non-hydrogen) atoms. The van der Waals surface area contributed by atoms with Gasteiger partial charge in [0.1, 0.15) is 0 Å². The number of aromatic nitrogens is 3. The van der Waals surface area contributed by atoms with Gasteiger partial charge in [-0.25, -0.2) is 4.68 Å². The normalized spacial score (nSPS) is 11.9. The molecule has 3 aromatic carbocycles. The molecule has 0 saturated carbocycles. The zero-order valence-electron chi connectivity index (χ0n) is 20.1. The molecule has 0 atom stereocenters. The lowest BCUT2D eigenvalue weighted by Crippen LogP contribution is -2.21. The van der Waals surface area contributed by atoms with Crippen molar-refractivity contribution in [2.24, 2.45) is 5.73 Å². The summed E-state index contributed by atoms with van der Waals surface area (Å²) in [7, 11) is 0. The van der Waals surface area contributed by atoms with Crippen LogP contribution < -0.4 is 5.73 Å². The summed E-state index contributed by atoms with van der Waals surface area (Å²) >= 11 is 0. The van der Waals surface area contributed by atoms with Gasteiger partial charge in [-0.05, 0) is 81.1 Å². The molecule has 0 radical (unpaired) electrons. The van der Waals surface area contributed by atoms with Crippen molar-refractivity contribution in [1.82, 2.24) is 14.8 Å². The van der Waals surface area contributed by atoms with Crippen LogP contribution in [-0.2, 0) is 6.42 Å². The number of nitrogens with zero attached hydrogens (tertiary/aromatic N) is 3. The second-order valence-corrected chi connectivity index (χ2v) is 9.63. The number of primary amides is 1. The minimum absolute atomic E-state index is 0.467. The van der Waals surface area contributed by atoms with Crippen LogP contribution in [0.1, 0.15) is 41.9 Å². The molecule has 0 bridgehead atoms. The molecule has 5 aromatic rings. The van der Waals surface area contributed by atoms with E-state index in [9.17, 15) is 9.90 Å². The highest BCUT2D eigenvalue weighted by molar-refractivity contribution is 5.99. The third kappa shape index (κ3) is 4.40. The van der Waals surface area contributed by atoms with Gasteiger partial charge in [-0.3, -0.25) is 9.78 Å². The van der Waals surface area contributed by atoms with E-state index >= 15 is 0 Å². The highest BCUT2D eigenvalue weighted by Gasteiger charge is 2.18. The van der Waals surface area contributed by atoms with Gasteiger partial charge in [-0.1, -0.05) is 30.3 Å². The third-order valence-corrected chi connectivity index (χ3v) is 6.39. The number of carbonyl (C=O) groups excluding carboxylic acids is 1. The number of pyridine rings is 1. The predicted molar refractivity (Wildman–Crippen MR) is 140 cm³/mol. The summed E-state index contributed by atoms with van der Waals surface area (Å²) < 4.78 is 1.90. The van der Waals surface area contributed by atoms with Gasteiger partial charge >= 0.3 is 0 Å². The Labute approximate surface area is 204 Å². The van der Waals surface area contributed by atoms with Crippen molar-refractivity contribution in [1.29, 1.82) is 0 Å². The molecule has 3 N–H and O–H groups in total. The molecule has 0 aliphatic carbocycles. The molecule has 0 spiro atoms. The van der Waals surface area contributed by atoms with Gasteiger partial charge in [-0.2, -0.15) is 5.10 Å². The van der Waals surface area contributed by atoms with E-state index in [-0.39, 0.29) is 0 Å². The van der Waals surface area contributed by atoms with Crippen LogP contribution in [0.4, 0.5) is 0 Å². The number of aryl methyl sites for hydroxylation is 2. The second kappa shape index (κ2) is 8.64. The summed E-state index contributed by atoms with van der Waals surface area (Å²) in [5.74, 6) is -0.477. The fourth-order valence-corrected chi connectivity index (χ4v) is 4.61. The maximum absolute atomic E-state index is 12.0. The summed E-state index contributed by atoms with van der Waals surface area (Å²) in [4.78, 5) is 16.7. The van der Waals surface area contributed by atoms with Crippen LogP contribution in [0, 0.1) is 6.92 Å².